The van der Waals surface area contributed by atoms with Crippen LogP contribution in [-0.2, 0) is 6.61 Å². The number of pyridine rings is 1. The lowest BCUT2D eigenvalue weighted by atomic mass is 10.2. The Hall–Kier alpha value is -3.26. The average Bonchev–Trinajstić information content (AvgIpc) is 2.68. The van der Waals surface area contributed by atoms with Gasteiger partial charge in [0.05, 0.1) is 15.6 Å². The van der Waals surface area contributed by atoms with Gasteiger partial charge in [0.2, 0.25) is 5.82 Å². The second-order valence-corrected chi connectivity index (χ2v) is 6.32. The molecule has 27 heavy (non-hydrogen) atoms. The number of ether oxygens (including phenoxy) is 1. The van der Waals surface area contributed by atoms with Gasteiger partial charge in [-0.3, -0.25) is 15.5 Å². The van der Waals surface area contributed by atoms with Crippen LogP contribution < -0.4 is 10.2 Å². The van der Waals surface area contributed by atoms with Crippen molar-refractivity contribution in [3.05, 3.63) is 92.6 Å². The fourth-order valence-electron chi connectivity index (χ4n) is 2.25. The highest BCUT2D eigenvalue weighted by Gasteiger charge is 2.12. The molecule has 8 heteroatoms. The second kappa shape index (κ2) is 8.91. The molecule has 0 amide bonds. The van der Waals surface area contributed by atoms with E-state index in [-0.39, 0.29) is 11.5 Å². The summed E-state index contributed by atoms with van der Waals surface area (Å²) in [5.41, 5.74) is 4.33. The number of anilines is 1. The molecule has 1 heterocycles. The summed E-state index contributed by atoms with van der Waals surface area (Å²) >= 11 is 3.48. The number of nitro groups is 1. The van der Waals surface area contributed by atoms with Gasteiger partial charge in [0.15, 0.2) is 0 Å². The Morgan fingerprint density at radius 2 is 2.00 bits per heavy atom. The summed E-state index contributed by atoms with van der Waals surface area (Å²) in [6, 6.07) is 18.3. The molecule has 0 aliphatic carbocycles. The number of halogens is 1. The fourth-order valence-corrected chi connectivity index (χ4v) is 2.76. The number of benzene rings is 2. The van der Waals surface area contributed by atoms with E-state index in [0.717, 1.165) is 15.6 Å². The summed E-state index contributed by atoms with van der Waals surface area (Å²) in [6.45, 7) is 0.470. The van der Waals surface area contributed by atoms with E-state index >= 15 is 0 Å². The zero-order valence-electron chi connectivity index (χ0n) is 14.1. The van der Waals surface area contributed by atoms with Crippen LogP contribution in [0, 0.1) is 10.1 Å². The molecule has 0 aliphatic rings. The average molecular weight is 427 g/mol. The first kappa shape index (κ1) is 18.5. The Morgan fingerprint density at radius 1 is 1.19 bits per heavy atom. The van der Waals surface area contributed by atoms with Crippen molar-refractivity contribution in [3.63, 3.8) is 0 Å². The summed E-state index contributed by atoms with van der Waals surface area (Å²) in [6.07, 6.45) is 3.00. The van der Waals surface area contributed by atoms with E-state index in [4.69, 9.17) is 4.74 Å². The molecule has 1 N–H and O–H groups in total. The van der Waals surface area contributed by atoms with Gasteiger partial charge in [-0.05, 0) is 51.3 Å². The topological polar surface area (TPSA) is 89.7 Å². The Balaban J connectivity index is 1.64. The second-order valence-electron chi connectivity index (χ2n) is 5.46. The Morgan fingerprint density at radius 3 is 2.74 bits per heavy atom. The summed E-state index contributed by atoms with van der Waals surface area (Å²) in [4.78, 5) is 14.4. The van der Waals surface area contributed by atoms with Gasteiger partial charge in [-0.2, -0.15) is 5.10 Å². The van der Waals surface area contributed by atoms with Crippen LogP contribution >= 0.6 is 15.9 Å². The van der Waals surface area contributed by atoms with E-state index in [0.29, 0.717) is 12.4 Å². The van der Waals surface area contributed by atoms with Crippen molar-refractivity contribution in [1.29, 1.82) is 0 Å². The minimum absolute atomic E-state index is 0.0839. The van der Waals surface area contributed by atoms with Gasteiger partial charge < -0.3 is 4.74 Å². The van der Waals surface area contributed by atoms with Crippen molar-refractivity contribution in [3.8, 4) is 5.75 Å². The van der Waals surface area contributed by atoms with Crippen LogP contribution in [0.4, 0.5) is 11.5 Å². The first-order valence-electron chi connectivity index (χ1n) is 7.98. The van der Waals surface area contributed by atoms with E-state index < -0.39 is 4.92 Å². The van der Waals surface area contributed by atoms with Crippen LogP contribution in [0.5, 0.6) is 5.75 Å². The highest BCUT2D eigenvalue weighted by Crippen LogP contribution is 2.26. The maximum atomic E-state index is 11.0. The lowest BCUT2D eigenvalue weighted by Gasteiger charge is -2.08. The number of hydrazone groups is 1. The van der Waals surface area contributed by atoms with Crippen LogP contribution in [0.25, 0.3) is 0 Å². The van der Waals surface area contributed by atoms with Gasteiger partial charge in [-0.1, -0.05) is 30.3 Å². The van der Waals surface area contributed by atoms with Crippen LogP contribution in [0.1, 0.15) is 11.1 Å². The van der Waals surface area contributed by atoms with E-state index in [2.05, 4.69) is 31.4 Å². The SMILES string of the molecule is O=[N+]([O-])c1cccnc1N/N=C\c1ccc(OCc2ccccc2)c(Br)c1. The van der Waals surface area contributed by atoms with E-state index in [9.17, 15) is 10.1 Å². The summed E-state index contributed by atoms with van der Waals surface area (Å²) < 4.78 is 6.59. The minimum atomic E-state index is -0.514. The smallest absolute Gasteiger partial charge is 0.313 e. The summed E-state index contributed by atoms with van der Waals surface area (Å²) in [7, 11) is 0. The molecule has 0 radical (unpaired) electrons. The van der Waals surface area contributed by atoms with Crippen molar-refractivity contribution >= 4 is 33.6 Å². The highest BCUT2D eigenvalue weighted by molar-refractivity contribution is 9.10. The van der Waals surface area contributed by atoms with E-state index in [1.165, 1.54) is 18.3 Å². The van der Waals surface area contributed by atoms with Crippen molar-refractivity contribution in [2.75, 3.05) is 5.43 Å². The largest absolute Gasteiger partial charge is 0.488 e. The number of hydrogen-bond donors (Lipinski definition) is 1. The molecule has 0 atom stereocenters. The Kier molecular flexibility index (Phi) is 6.11. The molecule has 0 bridgehead atoms. The first-order chi connectivity index (χ1) is 13.1. The van der Waals surface area contributed by atoms with Crippen molar-refractivity contribution in [1.82, 2.24) is 4.98 Å². The van der Waals surface area contributed by atoms with Gasteiger partial charge in [0, 0.05) is 12.3 Å². The molecule has 0 unspecified atom stereocenters. The molecule has 0 spiro atoms. The molecule has 0 saturated heterocycles. The molecule has 3 rings (SSSR count). The zero-order valence-corrected chi connectivity index (χ0v) is 15.7. The molecule has 1 aromatic heterocycles. The molecule has 0 fully saturated rings. The third kappa shape index (κ3) is 5.11. The predicted molar refractivity (Wildman–Crippen MR) is 107 cm³/mol. The van der Waals surface area contributed by atoms with Crippen LogP contribution in [0.15, 0.2) is 76.4 Å². The zero-order chi connectivity index (χ0) is 19.1. The monoisotopic (exact) mass is 426 g/mol. The number of nitrogens with zero attached hydrogens (tertiary/aromatic N) is 3. The van der Waals surface area contributed by atoms with Crippen LogP contribution in [0.3, 0.4) is 0 Å². The van der Waals surface area contributed by atoms with Crippen molar-refractivity contribution < 1.29 is 9.66 Å². The number of aromatic nitrogens is 1. The molecule has 136 valence electrons. The molecule has 3 aromatic rings. The fraction of sp³-hybridized carbons (Fsp3) is 0.0526. The molecular formula is C19H15BrN4O3. The standard InChI is InChI=1S/C19H15BrN4O3/c20-16-11-15(8-9-18(16)27-13-14-5-2-1-3-6-14)12-22-23-19-17(24(25)26)7-4-10-21-19/h1-12H,13H2,(H,21,23)/b22-12-. The van der Waals surface area contributed by atoms with Gasteiger partial charge >= 0.3 is 5.69 Å². The Labute approximate surface area is 164 Å². The maximum Gasteiger partial charge on any atom is 0.313 e. The quantitative estimate of drug-likeness (QED) is 0.333. The third-order valence-electron chi connectivity index (χ3n) is 3.56. The molecule has 0 aliphatic heterocycles. The Bertz CT molecular complexity index is 964. The predicted octanol–water partition coefficient (Wildman–Crippen LogP) is 4.78. The lowest BCUT2D eigenvalue weighted by molar-refractivity contribution is -0.384. The van der Waals surface area contributed by atoms with E-state index in [1.54, 1.807) is 6.21 Å². The van der Waals surface area contributed by atoms with Crippen LogP contribution in [0.2, 0.25) is 0 Å². The summed E-state index contributed by atoms with van der Waals surface area (Å²) in [5.74, 6) is 0.796. The molecule has 0 saturated carbocycles. The lowest BCUT2D eigenvalue weighted by Crippen LogP contribution is -1.99. The third-order valence-corrected chi connectivity index (χ3v) is 4.18. The minimum Gasteiger partial charge on any atom is -0.488 e. The van der Waals surface area contributed by atoms with Gasteiger partial charge in [-0.25, -0.2) is 4.98 Å². The number of rotatable bonds is 7. The number of nitrogens with one attached hydrogen (secondary N) is 1. The van der Waals surface area contributed by atoms with Crippen LogP contribution in [-0.4, -0.2) is 16.1 Å². The van der Waals surface area contributed by atoms with Gasteiger partial charge in [0.25, 0.3) is 0 Å². The molecule has 2 aromatic carbocycles. The number of hydrogen-bond acceptors (Lipinski definition) is 6. The molecule has 7 nitrogen and oxygen atoms in total. The first-order valence-corrected chi connectivity index (χ1v) is 8.77. The molecular weight excluding hydrogens is 412 g/mol. The van der Waals surface area contributed by atoms with Gasteiger partial charge in [0.1, 0.15) is 12.4 Å². The van der Waals surface area contributed by atoms with Crippen molar-refractivity contribution in [2.45, 2.75) is 6.61 Å². The van der Waals surface area contributed by atoms with E-state index in [1.807, 2.05) is 48.5 Å². The highest BCUT2D eigenvalue weighted by atomic mass is 79.9. The summed E-state index contributed by atoms with van der Waals surface area (Å²) in [5, 5.41) is 15.0. The maximum absolute atomic E-state index is 11.0. The van der Waals surface area contributed by atoms with Crippen molar-refractivity contribution in [2.24, 2.45) is 5.10 Å². The van der Waals surface area contributed by atoms with Gasteiger partial charge in [-0.15, -0.1) is 0 Å². The normalized spacial score (nSPS) is 10.7.